The van der Waals surface area contributed by atoms with Gasteiger partial charge in [-0.25, -0.2) is 23.7 Å². The molecule has 1 aromatic carbocycles. The fraction of sp³-hybridized carbons (Fsp3) is 0.143. The van der Waals surface area contributed by atoms with Gasteiger partial charge < -0.3 is 15.2 Å². The number of aromatic nitrogens is 4. The topological polar surface area (TPSA) is 102 Å². The number of ether oxygens (including phenoxy) is 1. The highest BCUT2D eigenvalue weighted by atomic mass is 35.5. The first-order valence-electron chi connectivity index (χ1n) is 9.35. The Morgan fingerprint density at radius 2 is 2.16 bits per heavy atom. The number of fused-ring (bicyclic) bond motifs is 1. The summed E-state index contributed by atoms with van der Waals surface area (Å²) in [5.74, 6) is -1.03. The second-order valence-electron chi connectivity index (χ2n) is 6.55. The lowest BCUT2D eigenvalue weighted by atomic mass is 10.1. The van der Waals surface area contributed by atoms with Crippen LogP contribution in [0.15, 0.2) is 48.9 Å². The molecule has 3 aromatic heterocycles. The molecule has 0 spiro atoms. The summed E-state index contributed by atoms with van der Waals surface area (Å²) in [6.45, 7) is 1.96. The number of carbonyl (C=O) groups excluding carboxylic acids is 1. The van der Waals surface area contributed by atoms with Crippen LogP contribution in [0.25, 0.3) is 16.8 Å². The Morgan fingerprint density at radius 3 is 2.94 bits per heavy atom. The first-order valence-corrected chi connectivity index (χ1v) is 9.72. The summed E-state index contributed by atoms with van der Waals surface area (Å²) in [5, 5.41) is 17.7. The van der Waals surface area contributed by atoms with Crippen molar-refractivity contribution in [2.45, 2.75) is 13.5 Å². The molecule has 0 fully saturated rings. The summed E-state index contributed by atoms with van der Waals surface area (Å²) in [5.41, 5.74) is 2.13. The molecule has 0 saturated carbocycles. The zero-order valence-electron chi connectivity index (χ0n) is 16.3. The molecular formula is C21H17ClFN5O3. The Bertz CT molecular complexity index is 1280. The van der Waals surface area contributed by atoms with E-state index in [1.54, 1.807) is 31.3 Å². The van der Waals surface area contributed by atoms with Crippen LogP contribution in [0.2, 0.25) is 5.02 Å². The number of nitrogens with zero attached hydrogens (tertiary/aromatic N) is 4. The smallest absolute Gasteiger partial charge is 0.343 e. The summed E-state index contributed by atoms with van der Waals surface area (Å²) < 4.78 is 20.1. The number of hydrogen-bond donors (Lipinski definition) is 2. The number of benzene rings is 1. The number of pyridine rings is 1. The zero-order valence-corrected chi connectivity index (χ0v) is 17.1. The molecule has 158 valence electrons. The van der Waals surface area contributed by atoms with E-state index < -0.39 is 11.8 Å². The summed E-state index contributed by atoms with van der Waals surface area (Å²) in [4.78, 5) is 20.4. The second kappa shape index (κ2) is 8.57. The normalized spacial score (nSPS) is 10.9. The fourth-order valence-corrected chi connectivity index (χ4v) is 3.24. The van der Waals surface area contributed by atoms with Crippen molar-refractivity contribution in [3.63, 3.8) is 0 Å². The zero-order chi connectivity index (χ0) is 22.0. The highest BCUT2D eigenvalue weighted by Gasteiger charge is 2.19. The Labute approximate surface area is 181 Å². The number of halogens is 2. The lowest BCUT2D eigenvalue weighted by Crippen LogP contribution is -2.08. The lowest BCUT2D eigenvalue weighted by Gasteiger charge is -2.13. The Balaban J connectivity index is 1.80. The van der Waals surface area contributed by atoms with Crippen molar-refractivity contribution >= 4 is 29.0 Å². The molecule has 0 saturated heterocycles. The van der Waals surface area contributed by atoms with E-state index in [-0.39, 0.29) is 35.8 Å². The van der Waals surface area contributed by atoms with Gasteiger partial charge in [0.25, 0.3) is 0 Å². The van der Waals surface area contributed by atoms with E-state index in [0.29, 0.717) is 16.4 Å². The molecule has 0 bridgehead atoms. The molecule has 4 aromatic rings. The number of aromatic hydroxyl groups is 1. The molecule has 0 atom stereocenters. The van der Waals surface area contributed by atoms with E-state index in [0.717, 1.165) is 11.8 Å². The standard InChI is InChI=1S/C21H17ClFN5O3/c1-2-31-21(30)16-10-26-28-11-17(12-4-3-5-14(22)6-12)18(27-19(16)28)24-8-13-7-15(23)9-25-20(13)29/h3-7,9-11H,2,8H2,1H3,(H,24,27)(H,25,29). The highest BCUT2D eigenvalue weighted by Crippen LogP contribution is 2.30. The van der Waals surface area contributed by atoms with E-state index in [2.05, 4.69) is 20.4 Å². The van der Waals surface area contributed by atoms with Gasteiger partial charge in [-0.1, -0.05) is 23.7 Å². The number of nitrogens with one attached hydrogen (secondary N) is 1. The maximum Gasteiger partial charge on any atom is 0.343 e. The minimum atomic E-state index is -0.575. The van der Waals surface area contributed by atoms with Crippen molar-refractivity contribution in [2.24, 2.45) is 0 Å². The third-order valence-corrected chi connectivity index (χ3v) is 4.72. The lowest BCUT2D eigenvalue weighted by molar-refractivity contribution is 0.0528. The molecule has 4 rings (SSSR count). The molecule has 3 heterocycles. The van der Waals surface area contributed by atoms with Crippen LogP contribution in [-0.4, -0.2) is 37.3 Å². The Morgan fingerprint density at radius 1 is 1.32 bits per heavy atom. The van der Waals surface area contributed by atoms with Crippen molar-refractivity contribution in [3.05, 3.63) is 70.9 Å². The van der Waals surface area contributed by atoms with E-state index >= 15 is 0 Å². The summed E-state index contributed by atoms with van der Waals surface area (Å²) >= 11 is 6.15. The fourth-order valence-electron chi connectivity index (χ4n) is 3.05. The average Bonchev–Trinajstić information content (AvgIpc) is 3.17. The molecule has 0 unspecified atom stereocenters. The van der Waals surface area contributed by atoms with Crippen molar-refractivity contribution < 1.29 is 19.0 Å². The van der Waals surface area contributed by atoms with Gasteiger partial charge in [-0.2, -0.15) is 5.10 Å². The Hall–Kier alpha value is -3.72. The number of anilines is 1. The molecule has 0 aliphatic rings. The third-order valence-electron chi connectivity index (χ3n) is 4.48. The van der Waals surface area contributed by atoms with E-state index in [1.807, 2.05) is 6.07 Å². The number of esters is 1. The van der Waals surface area contributed by atoms with Crippen LogP contribution in [0, 0.1) is 5.82 Å². The predicted octanol–water partition coefficient (Wildman–Crippen LogP) is 4.08. The monoisotopic (exact) mass is 441 g/mol. The molecule has 8 nitrogen and oxygen atoms in total. The van der Waals surface area contributed by atoms with E-state index in [4.69, 9.17) is 16.3 Å². The van der Waals surface area contributed by atoms with Gasteiger partial charge in [-0.05, 0) is 30.7 Å². The number of carbonyl (C=O) groups is 1. The quantitative estimate of drug-likeness (QED) is 0.435. The SMILES string of the molecule is CCOC(=O)c1cnn2cc(-c3cccc(Cl)c3)c(NCc3cc(F)cnc3O)nc12. The van der Waals surface area contributed by atoms with Crippen LogP contribution in [-0.2, 0) is 11.3 Å². The van der Waals surface area contributed by atoms with Crippen LogP contribution in [0.5, 0.6) is 5.88 Å². The largest absolute Gasteiger partial charge is 0.493 e. The van der Waals surface area contributed by atoms with Crippen molar-refractivity contribution in [3.8, 4) is 17.0 Å². The third kappa shape index (κ3) is 4.26. The van der Waals surface area contributed by atoms with Crippen molar-refractivity contribution in [1.82, 2.24) is 19.6 Å². The Kier molecular flexibility index (Phi) is 5.68. The maximum absolute atomic E-state index is 13.5. The minimum absolute atomic E-state index is 0.0379. The summed E-state index contributed by atoms with van der Waals surface area (Å²) in [6.07, 6.45) is 4.01. The molecule has 31 heavy (non-hydrogen) atoms. The van der Waals surface area contributed by atoms with Crippen LogP contribution >= 0.6 is 11.6 Å². The summed E-state index contributed by atoms with van der Waals surface area (Å²) in [6, 6.07) is 8.31. The maximum atomic E-state index is 13.5. The molecule has 2 N–H and O–H groups in total. The molecule has 0 aliphatic carbocycles. The van der Waals surface area contributed by atoms with Gasteiger partial charge >= 0.3 is 5.97 Å². The highest BCUT2D eigenvalue weighted by molar-refractivity contribution is 6.30. The molecule has 0 radical (unpaired) electrons. The first kappa shape index (κ1) is 20.5. The predicted molar refractivity (Wildman–Crippen MR) is 113 cm³/mol. The van der Waals surface area contributed by atoms with Crippen LogP contribution in [0.3, 0.4) is 0 Å². The van der Waals surface area contributed by atoms with Gasteiger partial charge in [-0.3, -0.25) is 0 Å². The van der Waals surface area contributed by atoms with Gasteiger partial charge in [0.2, 0.25) is 5.88 Å². The van der Waals surface area contributed by atoms with Gasteiger partial charge in [0.1, 0.15) is 17.2 Å². The van der Waals surface area contributed by atoms with Crippen LogP contribution < -0.4 is 5.32 Å². The molecular weight excluding hydrogens is 425 g/mol. The van der Waals surface area contributed by atoms with Gasteiger partial charge in [0.15, 0.2) is 5.65 Å². The summed E-state index contributed by atoms with van der Waals surface area (Å²) in [7, 11) is 0. The van der Waals surface area contributed by atoms with Crippen LogP contribution in [0.1, 0.15) is 22.8 Å². The number of rotatable bonds is 6. The van der Waals surface area contributed by atoms with Gasteiger partial charge in [0.05, 0.1) is 19.0 Å². The van der Waals surface area contributed by atoms with Gasteiger partial charge in [-0.15, -0.1) is 0 Å². The molecule has 10 heteroatoms. The average molecular weight is 442 g/mol. The van der Waals surface area contributed by atoms with Gasteiger partial charge in [0, 0.05) is 28.9 Å². The molecule has 0 amide bonds. The van der Waals surface area contributed by atoms with E-state index in [1.165, 1.54) is 16.8 Å². The number of hydrogen-bond acceptors (Lipinski definition) is 7. The first-order chi connectivity index (χ1) is 15.0. The minimum Gasteiger partial charge on any atom is -0.493 e. The molecule has 0 aliphatic heterocycles. The van der Waals surface area contributed by atoms with E-state index in [9.17, 15) is 14.3 Å². The van der Waals surface area contributed by atoms with Crippen LogP contribution in [0.4, 0.5) is 10.2 Å². The van der Waals surface area contributed by atoms with Crippen molar-refractivity contribution in [2.75, 3.05) is 11.9 Å². The second-order valence-corrected chi connectivity index (χ2v) is 6.99. The van der Waals surface area contributed by atoms with Crippen molar-refractivity contribution in [1.29, 1.82) is 0 Å².